The van der Waals surface area contributed by atoms with Crippen molar-refractivity contribution in [3.05, 3.63) is 54.1 Å². The summed E-state index contributed by atoms with van der Waals surface area (Å²) in [6.45, 7) is 0. The molecule has 0 aromatic heterocycles. The van der Waals surface area contributed by atoms with Gasteiger partial charge in [0.25, 0.3) is 5.91 Å². The van der Waals surface area contributed by atoms with E-state index in [9.17, 15) is 4.79 Å². The number of fused-ring (bicyclic) bond motifs is 1. The average molecular weight is 255 g/mol. The third-order valence-electron chi connectivity index (χ3n) is 3.05. The van der Waals surface area contributed by atoms with Crippen LogP contribution in [0.3, 0.4) is 0 Å². The predicted octanol–water partition coefficient (Wildman–Crippen LogP) is 2.77. The molecular weight excluding hydrogens is 242 g/mol. The molecule has 0 radical (unpaired) electrons. The Morgan fingerprint density at radius 3 is 2.58 bits per heavy atom. The van der Waals surface area contributed by atoms with Crippen LogP contribution in [-0.2, 0) is 4.79 Å². The topological polar surface area (TPSA) is 47.6 Å². The molecule has 4 heteroatoms. The molecule has 3 rings (SSSR count). The first-order valence-electron chi connectivity index (χ1n) is 5.98. The highest BCUT2D eigenvalue weighted by Gasteiger charge is 2.28. The zero-order chi connectivity index (χ0) is 13.2. The largest absolute Gasteiger partial charge is 0.497 e. The Labute approximate surface area is 111 Å². The van der Waals surface area contributed by atoms with Gasteiger partial charge in [0.15, 0.2) is 0 Å². The molecule has 4 nitrogen and oxygen atoms in total. The van der Waals surface area contributed by atoms with E-state index in [1.165, 1.54) is 0 Å². The number of rotatable bonds is 2. The van der Waals surface area contributed by atoms with E-state index in [1.54, 1.807) is 7.11 Å². The van der Waals surface area contributed by atoms with Crippen molar-refractivity contribution >= 4 is 11.6 Å². The Bertz CT molecular complexity index is 607. The fourth-order valence-electron chi connectivity index (χ4n) is 2.05. The highest BCUT2D eigenvalue weighted by Crippen LogP contribution is 2.34. The number of carbonyl (C=O) groups excluding carboxylic acids is 1. The maximum Gasteiger partial charge on any atom is 0.270 e. The minimum absolute atomic E-state index is 0.163. The number of hydrogen-bond donors (Lipinski definition) is 1. The molecule has 1 amide bonds. The predicted molar refractivity (Wildman–Crippen MR) is 71.4 cm³/mol. The van der Waals surface area contributed by atoms with Gasteiger partial charge < -0.3 is 14.8 Å². The van der Waals surface area contributed by atoms with Gasteiger partial charge >= 0.3 is 0 Å². The number of ether oxygens (including phenoxy) is 2. The van der Waals surface area contributed by atoms with Crippen molar-refractivity contribution < 1.29 is 14.3 Å². The second kappa shape index (κ2) is 4.65. The fraction of sp³-hybridized carbons (Fsp3) is 0.133. The first-order chi connectivity index (χ1) is 9.28. The summed E-state index contributed by atoms with van der Waals surface area (Å²) in [5.41, 5.74) is 1.50. The monoisotopic (exact) mass is 255 g/mol. The average Bonchev–Trinajstić information content (AvgIpc) is 2.47. The second-order valence-electron chi connectivity index (χ2n) is 4.26. The number of nitrogens with one attached hydrogen (secondary N) is 1. The van der Waals surface area contributed by atoms with Crippen molar-refractivity contribution in [2.75, 3.05) is 12.4 Å². The van der Waals surface area contributed by atoms with Crippen LogP contribution in [0.5, 0.6) is 11.5 Å². The number of benzene rings is 2. The van der Waals surface area contributed by atoms with Gasteiger partial charge in [-0.05, 0) is 24.3 Å². The van der Waals surface area contributed by atoms with Crippen molar-refractivity contribution in [2.24, 2.45) is 0 Å². The number of amides is 1. The number of para-hydroxylation sites is 2. The molecule has 19 heavy (non-hydrogen) atoms. The van der Waals surface area contributed by atoms with Crippen molar-refractivity contribution in [2.45, 2.75) is 6.10 Å². The Hall–Kier alpha value is -2.49. The molecule has 1 aliphatic rings. The minimum atomic E-state index is -0.624. The second-order valence-corrected chi connectivity index (χ2v) is 4.26. The van der Waals surface area contributed by atoms with E-state index in [1.807, 2.05) is 48.5 Å². The summed E-state index contributed by atoms with van der Waals surface area (Å²) in [4.78, 5) is 12.0. The summed E-state index contributed by atoms with van der Waals surface area (Å²) in [6, 6.07) is 14.7. The number of anilines is 1. The Morgan fingerprint density at radius 2 is 1.84 bits per heavy atom. The summed E-state index contributed by atoms with van der Waals surface area (Å²) in [5.74, 6) is 1.27. The third kappa shape index (κ3) is 2.12. The smallest absolute Gasteiger partial charge is 0.270 e. The van der Waals surface area contributed by atoms with Crippen LogP contribution >= 0.6 is 0 Å². The van der Waals surface area contributed by atoms with Crippen LogP contribution in [-0.4, -0.2) is 13.0 Å². The van der Waals surface area contributed by atoms with Crippen LogP contribution in [0.2, 0.25) is 0 Å². The summed E-state index contributed by atoms with van der Waals surface area (Å²) in [6.07, 6.45) is -0.624. The molecule has 1 aliphatic heterocycles. The molecule has 1 N–H and O–H groups in total. The van der Waals surface area contributed by atoms with E-state index >= 15 is 0 Å². The highest BCUT2D eigenvalue weighted by atomic mass is 16.5. The van der Waals surface area contributed by atoms with Crippen LogP contribution in [0.25, 0.3) is 0 Å². The summed E-state index contributed by atoms with van der Waals surface area (Å²) < 4.78 is 10.8. The lowest BCUT2D eigenvalue weighted by atomic mass is 10.1. The number of carbonyl (C=O) groups is 1. The van der Waals surface area contributed by atoms with Crippen LogP contribution in [0.4, 0.5) is 5.69 Å². The molecule has 96 valence electrons. The zero-order valence-corrected chi connectivity index (χ0v) is 10.4. The Kier molecular flexibility index (Phi) is 2.83. The van der Waals surface area contributed by atoms with Crippen LogP contribution in [0, 0.1) is 0 Å². The van der Waals surface area contributed by atoms with E-state index in [2.05, 4.69) is 5.32 Å². The maximum absolute atomic E-state index is 12.0. The van der Waals surface area contributed by atoms with Crippen LogP contribution < -0.4 is 14.8 Å². The molecule has 1 atom stereocenters. The van der Waals surface area contributed by atoms with Crippen molar-refractivity contribution in [1.82, 2.24) is 0 Å². The van der Waals surface area contributed by atoms with Gasteiger partial charge in [-0.25, -0.2) is 0 Å². The molecule has 0 saturated carbocycles. The van der Waals surface area contributed by atoms with E-state index < -0.39 is 6.10 Å². The number of methoxy groups -OCH3 is 1. The van der Waals surface area contributed by atoms with Gasteiger partial charge in [-0.3, -0.25) is 4.79 Å². The summed E-state index contributed by atoms with van der Waals surface area (Å²) in [5, 5.41) is 2.84. The molecule has 0 spiro atoms. The first-order valence-corrected chi connectivity index (χ1v) is 5.98. The summed E-state index contributed by atoms with van der Waals surface area (Å²) >= 11 is 0. The standard InChI is InChI=1S/C15H13NO3/c1-18-11-8-6-10(7-9-11)14-15(17)16-12-4-2-3-5-13(12)19-14/h2-9,14H,1H3,(H,16,17). The van der Waals surface area contributed by atoms with Gasteiger partial charge in [-0.1, -0.05) is 24.3 Å². The van der Waals surface area contributed by atoms with E-state index in [0.29, 0.717) is 11.4 Å². The van der Waals surface area contributed by atoms with Gasteiger partial charge in [0.1, 0.15) is 11.5 Å². The Balaban J connectivity index is 1.91. The normalized spacial score (nSPS) is 17.1. The van der Waals surface area contributed by atoms with Gasteiger partial charge in [0, 0.05) is 5.56 Å². The molecule has 2 aromatic carbocycles. The molecule has 2 aromatic rings. The minimum Gasteiger partial charge on any atom is -0.497 e. The quantitative estimate of drug-likeness (QED) is 0.897. The van der Waals surface area contributed by atoms with Crippen molar-refractivity contribution in [3.8, 4) is 11.5 Å². The van der Waals surface area contributed by atoms with Crippen molar-refractivity contribution in [1.29, 1.82) is 0 Å². The van der Waals surface area contributed by atoms with Gasteiger partial charge in [0.2, 0.25) is 6.10 Å². The molecule has 1 unspecified atom stereocenters. The fourth-order valence-corrected chi connectivity index (χ4v) is 2.05. The lowest BCUT2D eigenvalue weighted by molar-refractivity contribution is -0.123. The Morgan fingerprint density at radius 1 is 1.11 bits per heavy atom. The van der Waals surface area contributed by atoms with Crippen molar-refractivity contribution in [3.63, 3.8) is 0 Å². The molecule has 1 heterocycles. The maximum atomic E-state index is 12.0. The van der Waals surface area contributed by atoms with E-state index in [-0.39, 0.29) is 5.91 Å². The molecule has 0 fully saturated rings. The van der Waals surface area contributed by atoms with Crippen LogP contribution in [0.1, 0.15) is 11.7 Å². The zero-order valence-electron chi connectivity index (χ0n) is 10.4. The SMILES string of the molecule is COc1ccc(C2Oc3ccccc3NC2=O)cc1. The molecule has 0 saturated heterocycles. The summed E-state index contributed by atoms with van der Waals surface area (Å²) in [7, 11) is 1.61. The lowest BCUT2D eigenvalue weighted by Gasteiger charge is -2.26. The lowest BCUT2D eigenvalue weighted by Crippen LogP contribution is -2.29. The number of hydrogen-bond acceptors (Lipinski definition) is 3. The van der Waals surface area contributed by atoms with Gasteiger partial charge in [-0.2, -0.15) is 0 Å². The van der Waals surface area contributed by atoms with Gasteiger partial charge in [-0.15, -0.1) is 0 Å². The van der Waals surface area contributed by atoms with Crippen LogP contribution in [0.15, 0.2) is 48.5 Å². The molecule has 0 aliphatic carbocycles. The first kappa shape index (κ1) is 11.6. The third-order valence-corrected chi connectivity index (χ3v) is 3.05. The van der Waals surface area contributed by atoms with Gasteiger partial charge in [0.05, 0.1) is 12.8 Å². The molecular formula is C15H13NO3. The highest BCUT2D eigenvalue weighted by molar-refractivity contribution is 5.98. The van der Waals surface area contributed by atoms with E-state index in [4.69, 9.17) is 9.47 Å². The van der Waals surface area contributed by atoms with E-state index in [0.717, 1.165) is 11.3 Å². The molecule has 0 bridgehead atoms.